The number of benzene rings is 1. The highest BCUT2D eigenvalue weighted by Crippen LogP contribution is 2.23. The largest absolute Gasteiger partial charge is 0.392 e. The van der Waals surface area contributed by atoms with Crippen molar-refractivity contribution in [2.45, 2.75) is 30.6 Å². The SMILES string of the molecule is CCc1cc(CSc2cccc(CO)c2)n(C)n1. The first-order valence-electron chi connectivity index (χ1n) is 6.07. The summed E-state index contributed by atoms with van der Waals surface area (Å²) in [6, 6.07) is 10.2. The standard InChI is InChI=1S/C14H18N2OS/c1-3-12-8-13(16(2)15-12)10-18-14-6-4-5-11(7-14)9-17/h4-8,17H,3,9-10H2,1-2H3. The van der Waals surface area contributed by atoms with Gasteiger partial charge in [0.15, 0.2) is 0 Å². The molecule has 2 rings (SSSR count). The molecule has 96 valence electrons. The number of nitrogens with zero attached hydrogens (tertiary/aromatic N) is 2. The van der Waals surface area contributed by atoms with Gasteiger partial charge in [0.05, 0.1) is 12.3 Å². The first-order chi connectivity index (χ1) is 8.72. The highest BCUT2D eigenvalue weighted by molar-refractivity contribution is 7.98. The minimum atomic E-state index is 0.0973. The van der Waals surface area contributed by atoms with Gasteiger partial charge in [-0.25, -0.2) is 0 Å². The summed E-state index contributed by atoms with van der Waals surface area (Å²) in [7, 11) is 1.99. The Morgan fingerprint density at radius 1 is 1.33 bits per heavy atom. The van der Waals surface area contributed by atoms with E-state index in [0.717, 1.165) is 23.4 Å². The fraction of sp³-hybridized carbons (Fsp3) is 0.357. The van der Waals surface area contributed by atoms with Gasteiger partial charge in [0.25, 0.3) is 0 Å². The quantitative estimate of drug-likeness (QED) is 0.842. The molecule has 0 saturated carbocycles. The van der Waals surface area contributed by atoms with Gasteiger partial charge in [-0.15, -0.1) is 11.8 Å². The number of hydrogen-bond donors (Lipinski definition) is 1. The Labute approximate surface area is 112 Å². The zero-order valence-electron chi connectivity index (χ0n) is 10.8. The lowest BCUT2D eigenvalue weighted by Gasteiger charge is -2.04. The van der Waals surface area contributed by atoms with E-state index in [0.29, 0.717) is 0 Å². The molecule has 1 aromatic heterocycles. The topological polar surface area (TPSA) is 38.0 Å². The van der Waals surface area contributed by atoms with E-state index in [-0.39, 0.29) is 6.61 Å². The van der Waals surface area contributed by atoms with Crippen molar-refractivity contribution in [2.75, 3.05) is 0 Å². The third-order valence-corrected chi connectivity index (χ3v) is 3.88. The molecule has 1 heterocycles. The maximum Gasteiger partial charge on any atom is 0.0682 e. The maximum absolute atomic E-state index is 9.10. The summed E-state index contributed by atoms with van der Waals surface area (Å²) in [6.45, 7) is 2.21. The third-order valence-electron chi connectivity index (χ3n) is 2.86. The van der Waals surface area contributed by atoms with E-state index in [1.165, 1.54) is 10.6 Å². The van der Waals surface area contributed by atoms with Crippen molar-refractivity contribution < 1.29 is 5.11 Å². The molecule has 0 atom stereocenters. The van der Waals surface area contributed by atoms with E-state index in [1.807, 2.05) is 29.9 Å². The van der Waals surface area contributed by atoms with E-state index < -0.39 is 0 Å². The third kappa shape index (κ3) is 3.15. The Bertz CT molecular complexity index is 522. The molecule has 0 aliphatic rings. The summed E-state index contributed by atoms with van der Waals surface area (Å²) in [5.74, 6) is 0.901. The molecule has 1 aromatic carbocycles. The van der Waals surface area contributed by atoms with Crippen LogP contribution in [0.25, 0.3) is 0 Å². The van der Waals surface area contributed by atoms with Gasteiger partial charge in [0, 0.05) is 23.4 Å². The maximum atomic E-state index is 9.10. The Hall–Kier alpha value is -1.26. The minimum Gasteiger partial charge on any atom is -0.392 e. The van der Waals surface area contributed by atoms with E-state index >= 15 is 0 Å². The Kier molecular flexibility index (Phi) is 4.44. The second-order valence-electron chi connectivity index (χ2n) is 4.20. The zero-order valence-corrected chi connectivity index (χ0v) is 11.6. The molecule has 0 radical (unpaired) electrons. The first kappa shape index (κ1) is 13.2. The number of aromatic nitrogens is 2. The molecule has 4 heteroatoms. The van der Waals surface area contributed by atoms with Gasteiger partial charge in [-0.1, -0.05) is 19.1 Å². The summed E-state index contributed by atoms with van der Waals surface area (Å²) in [5, 5.41) is 13.5. The first-order valence-corrected chi connectivity index (χ1v) is 7.06. The van der Waals surface area contributed by atoms with Crippen LogP contribution in [-0.4, -0.2) is 14.9 Å². The summed E-state index contributed by atoms with van der Waals surface area (Å²) in [4.78, 5) is 1.18. The number of thioether (sulfide) groups is 1. The molecular weight excluding hydrogens is 244 g/mol. The van der Waals surface area contributed by atoms with E-state index in [4.69, 9.17) is 5.11 Å². The van der Waals surface area contributed by atoms with Crippen LogP contribution in [0, 0.1) is 0 Å². The van der Waals surface area contributed by atoms with Gasteiger partial charge >= 0.3 is 0 Å². The monoisotopic (exact) mass is 262 g/mol. The van der Waals surface area contributed by atoms with Gasteiger partial charge in [0.1, 0.15) is 0 Å². The van der Waals surface area contributed by atoms with E-state index in [1.54, 1.807) is 11.8 Å². The van der Waals surface area contributed by atoms with Crippen molar-refractivity contribution in [3.05, 3.63) is 47.3 Å². The van der Waals surface area contributed by atoms with Crippen LogP contribution in [-0.2, 0) is 25.8 Å². The highest BCUT2D eigenvalue weighted by atomic mass is 32.2. The van der Waals surface area contributed by atoms with E-state index in [9.17, 15) is 0 Å². The summed E-state index contributed by atoms with van der Waals surface area (Å²) in [5.41, 5.74) is 3.32. The van der Waals surface area contributed by atoms with Crippen molar-refractivity contribution in [2.24, 2.45) is 7.05 Å². The van der Waals surface area contributed by atoms with Gasteiger partial charge < -0.3 is 5.11 Å². The van der Waals surface area contributed by atoms with Gasteiger partial charge in [-0.2, -0.15) is 5.10 Å². The van der Waals surface area contributed by atoms with Crippen molar-refractivity contribution in [3.8, 4) is 0 Å². The van der Waals surface area contributed by atoms with Gasteiger partial charge in [-0.3, -0.25) is 4.68 Å². The van der Waals surface area contributed by atoms with Crippen LogP contribution in [0.4, 0.5) is 0 Å². The molecule has 0 bridgehead atoms. The molecule has 1 N–H and O–H groups in total. The lowest BCUT2D eigenvalue weighted by atomic mass is 10.2. The fourth-order valence-electron chi connectivity index (χ4n) is 1.77. The Morgan fingerprint density at radius 2 is 2.17 bits per heavy atom. The molecule has 0 unspecified atom stereocenters. The van der Waals surface area contributed by atoms with Crippen molar-refractivity contribution in [1.29, 1.82) is 0 Å². The molecule has 0 amide bonds. The summed E-state index contributed by atoms with van der Waals surface area (Å²) in [6.07, 6.45) is 0.971. The molecule has 2 aromatic rings. The number of hydrogen-bond acceptors (Lipinski definition) is 3. The van der Waals surface area contributed by atoms with E-state index in [2.05, 4.69) is 24.2 Å². The Morgan fingerprint density at radius 3 is 2.83 bits per heavy atom. The van der Waals surface area contributed by atoms with Gasteiger partial charge in [0.2, 0.25) is 0 Å². The van der Waals surface area contributed by atoms with Crippen LogP contribution in [0.15, 0.2) is 35.2 Å². The number of rotatable bonds is 5. The van der Waals surface area contributed by atoms with Crippen LogP contribution >= 0.6 is 11.8 Å². The fourth-order valence-corrected chi connectivity index (χ4v) is 2.76. The minimum absolute atomic E-state index is 0.0973. The van der Waals surface area contributed by atoms with Crippen LogP contribution in [0.3, 0.4) is 0 Å². The summed E-state index contributed by atoms with van der Waals surface area (Å²) >= 11 is 1.77. The number of aliphatic hydroxyl groups excluding tert-OH is 1. The molecule has 0 aliphatic heterocycles. The zero-order chi connectivity index (χ0) is 13.0. The predicted molar refractivity (Wildman–Crippen MR) is 74.5 cm³/mol. The number of aryl methyl sites for hydroxylation is 2. The normalized spacial score (nSPS) is 10.8. The second-order valence-corrected chi connectivity index (χ2v) is 5.25. The second kappa shape index (κ2) is 6.07. The molecule has 0 saturated heterocycles. The molecule has 0 aliphatic carbocycles. The predicted octanol–water partition coefficient (Wildman–Crippen LogP) is 2.77. The van der Waals surface area contributed by atoms with Crippen LogP contribution in [0.5, 0.6) is 0 Å². The molecule has 0 spiro atoms. The van der Waals surface area contributed by atoms with Crippen molar-refractivity contribution >= 4 is 11.8 Å². The summed E-state index contributed by atoms with van der Waals surface area (Å²) < 4.78 is 1.95. The van der Waals surface area contributed by atoms with Gasteiger partial charge in [-0.05, 0) is 30.2 Å². The van der Waals surface area contributed by atoms with Crippen LogP contribution in [0.1, 0.15) is 23.9 Å². The highest BCUT2D eigenvalue weighted by Gasteiger charge is 2.04. The molecular formula is C14H18N2OS. The lowest BCUT2D eigenvalue weighted by molar-refractivity contribution is 0.281. The van der Waals surface area contributed by atoms with Crippen molar-refractivity contribution in [1.82, 2.24) is 9.78 Å². The van der Waals surface area contributed by atoms with Crippen molar-refractivity contribution in [3.63, 3.8) is 0 Å². The molecule has 18 heavy (non-hydrogen) atoms. The Balaban J connectivity index is 2.03. The van der Waals surface area contributed by atoms with Crippen LogP contribution in [0.2, 0.25) is 0 Å². The lowest BCUT2D eigenvalue weighted by Crippen LogP contribution is -1.96. The smallest absolute Gasteiger partial charge is 0.0682 e. The molecule has 0 fully saturated rings. The number of aliphatic hydroxyl groups is 1. The average molecular weight is 262 g/mol. The van der Waals surface area contributed by atoms with Crippen LogP contribution < -0.4 is 0 Å². The average Bonchev–Trinajstić information content (AvgIpc) is 2.77. The molecule has 3 nitrogen and oxygen atoms in total.